The minimum absolute atomic E-state index is 0.257. The lowest BCUT2D eigenvalue weighted by atomic mass is 9.92. The zero-order valence-corrected chi connectivity index (χ0v) is 8.80. The lowest BCUT2D eigenvalue weighted by molar-refractivity contribution is -0.151. The van der Waals surface area contributed by atoms with Crippen LogP contribution in [0.2, 0.25) is 0 Å². The van der Waals surface area contributed by atoms with Gasteiger partial charge < -0.3 is 5.11 Å². The normalized spacial score (nSPS) is 11.9. The fourth-order valence-electron chi connectivity index (χ4n) is 1.35. The number of carboxylic acids is 1. The van der Waals surface area contributed by atoms with Crippen LogP contribution in [0.4, 0.5) is 0 Å². The van der Waals surface area contributed by atoms with E-state index < -0.39 is 23.5 Å². The Balaban J connectivity index is 3.18. The molecule has 0 aliphatic rings. The van der Waals surface area contributed by atoms with Crippen molar-refractivity contribution >= 4 is 17.5 Å². The third-order valence-corrected chi connectivity index (χ3v) is 2.01. The van der Waals surface area contributed by atoms with Crippen molar-refractivity contribution in [2.45, 2.75) is 19.8 Å². The Morgan fingerprint density at radius 1 is 1.38 bits per heavy atom. The molecule has 0 aromatic carbocycles. The number of aryl methyl sites for hydroxylation is 1. The van der Waals surface area contributed by atoms with Gasteiger partial charge in [-0.2, -0.15) is 10.2 Å². The number of hydrogen-bond acceptors (Lipinski definition) is 5. The highest BCUT2D eigenvalue weighted by Crippen LogP contribution is 2.17. The number of hydrogen-bond donors (Lipinski definition) is 1. The smallest absolute Gasteiger partial charge is 0.373 e. The van der Waals surface area contributed by atoms with Gasteiger partial charge in [0.1, 0.15) is 11.7 Å². The second-order valence-electron chi connectivity index (χ2n) is 3.34. The predicted molar refractivity (Wildman–Crippen MR) is 52.8 cm³/mol. The first kappa shape index (κ1) is 12.0. The number of Topliss-reactive ketones (excluding diaryl/α,β-unsaturated/α-hetero) is 2. The number of nitrogens with zero attached hydrogens (tertiary/aromatic N) is 2. The second kappa shape index (κ2) is 4.61. The van der Waals surface area contributed by atoms with Crippen molar-refractivity contribution in [2.24, 2.45) is 0 Å². The predicted octanol–water partition coefficient (Wildman–Crippen LogP) is 0.111. The summed E-state index contributed by atoms with van der Waals surface area (Å²) < 4.78 is 0. The van der Waals surface area contributed by atoms with Crippen LogP contribution in [-0.4, -0.2) is 32.8 Å². The van der Waals surface area contributed by atoms with Gasteiger partial charge in [-0.1, -0.05) is 0 Å². The van der Waals surface area contributed by atoms with Crippen LogP contribution in [0.15, 0.2) is 12.3 Å². The van der Waals surface area contributed by atoms with E-state index in [1.165, 1.54) is 19.2 Å². The Kier molecular flexibility index (Phi) is 3.44. The molecule has 1 N–H and O–H groups in total. The van der Waals surface area contributed by atoms with E-state index in [1.54, 1.807) is 6.92 Å². The van der Waals surface area contributed by atoms with Crippen molar-refractivity contribution in [2.75, 3.05) is 0 Å². The third kappa shape index (κ3) is 2.47. The van der Waals surface area contributed by atoms with Crippen molar-refractivity contribution in [3.05, 3.63) is 23.5 Å². The van der Waals surface area contributed by atoms with E-state index in [9.17, 15) is 14.4 Å². The third-order valence-electron chi connectivity index (χ3n) is 2.01. The first-order valence-electron chi connectivity index (χ1n) is 4.50. The molecule has 0 aliphatic carbocycles. The maximum Gasteiger partial charge on any atom is 0.373 e. The van der Waals surface area contributed by atoms with Crippen molar-refractivity contribution in [3.8, 4) is 0 Å². The molecule has 0 spiro atoms. The SMILES string of the molecule is CC(=O)C(C(=O)C(=O)O)c1cnnc(C)c1. The van der Waals surface area contributed by atoms with Crippen LogP contribution in [0.1, 0.15) is 24.1 Å². The largest absolute Gasteiger partial charge is 0.475 e. The van der Waals surface area contributed by atoms with Crippen LogP contribution in [0.5, 0.6) is 0 Å². The number of carbonyl (C=O) groups excluding carboxylic acids is 2. The number of aromatic nitrogens is 2. The minimum Gasteiger partial charge on any atom is -0.475 e. The molecule has 84 valence electrons. The standard InChI is InChI=1S/C10H10N2O4/c1-5-3-7(4-11-12-5)8(6(2)13)9(14)10(15)16/h3-4,8H,1-2H3,(H,15,16). The van der Waals surface area contributed by atoms with E-state index in [2.05, 4.69) is 10.2 Å². The Morgan fingerprint density at radius 3 is 2.44 bits per heavy atom. The van der Waals surface area contributed by atoms with Gasteiger partial charge in [0.2, 0.25) is 0 Å². The van der Waals surface area contributed by atoms with E-state index >= 15 is 0 Å². The molecule has 6 nitrogen and oxygen atoms in total. The molecule has 0 bridgehead atoms. The molecule has 6 heteroatoms. The quantitative estimate of drug-likeness (QED) is 0.573. The molecule has 1 heterocycles. The summed E-state index contributed by atoms with van der Waals surface area (Å²) in [7, 11) is 0. The van der Waals surface area contributed by atoms with Gasteiger partial charge in [0, 0.05) is 0 Å². The first-order valence-corrected chi connectivity index (χ1v) is 4.50. The average molecular weight is 222 g/mol. The zero-order valence-electron chi connectivity index (χ0n) is 8.80. The van der Waals surface area contributed by atoms with Crippen LogP contribution >= 0.6 is 0 Å². The van der Waals surface area contributed by atoms with Crippen LogP contribution in [-0.2, 0) is 14.4 Å². The zero-order chi connectivity index (χ0) is 12.3. The molecular weight excluding hydrogens is 212 g/mol. The summed E-state index contributed by atoms with van der Waals surface area (Å²) >= 11 is 0. The van der Waals surface area contributed by atoms with E-state index in [0.717, 1.165) is 0 Å². The second-order valence-corrected chi connectivity index (χ2v) is 3.34. The van der Waals surface area contributed by atoms with E-state index in [-0.39, 0.29) is 5.56 Å². The van der Waals surface area contributed by atoms with Crippen molar-refractivity contribution in [3.63, 3.8) is 0 Å². The van der Waals surface area contributed by atoms with Crippen molar-refractivity contribution < 1.29 is 19.5 Å². The maximum absolute atomic E-state index is 11.3. The Bertz CT molecular complexity index is 456. The van der Waals surface area contributed by atoms with Gasteiger partial charge in [0.25, 0.3) is 5.78 Å². The number of carboxylic acid groups (broad SMARTS) is 1. The van der Waals surface area contributed by atoms with Crippen molar-refractivity contribution in [1.29, 1.82) is 0 Å². The molecular formula is C10H10N2O4. The highest BCUT2D eigenvalue weighted by molar-refractivity contribution is 6.39. The molecule has 0 fully saturated rings. The molecule has 1 aromatic heterocycles. The summed E-state index contributed by atoms with van der Waals surface area (Å²) in [4.78, 5) is 33.2. The molecule has 1 unspecified atom stereocenters. The summed E-state index contributed by atoms with van der Waals surface area (Å²) in [5.74, 6) is -4.61. The highest BCUT2D eigenvalue weighted by Gasteiger charge is 2.30. The van der Waals surface area contributed by atoms with Crippen molar-refractivity contribution in [1.82, 2.24) is 10.2 Å². The highest BCUT2D eigenvalue weighted by atomic mass is 16.4. The number of ketones is 2. The van der Waals surface area contributed by atoms with Gasteiger partial charge in [-0.05, 0) is 25.5 Å². The summed E-state index contributed by atoms with van der Waals surface area (Å²) in [5, 5.41) is 15.8. The van der Waals surface area contributed by atoms with Gasteiger partial charge in [0.15, 0.2) is 0 Å². The molecule has 1 rings (SSSR count). The molecule has 1 atom stereocenters. The maximum atomic E-state index is 11.3. The Labute approximate surface area is 91.3 Å². The van der Waals surface area contributed by atoms with E-state index in [0.29, 0.717) is 5.69 Å². The molecule has 1 aromatic rings. The fourth-order valence-corrected chi connectivity index (χ4v) is 1.35. The summed E-state index contributed by atoms with van der Waals surface area (Å²) in [6.45, 7) is 2.81. The van der Waals surface area contributed by atoms with Gasteiger partial charge in [0.05, 0.1) is 11.9 Å². The van der Waals surface area contributed by atoms with Gasteiger partial charge in [-0.25, -0.2) is 4.79 Å². The Morgan fingerprint density at radius 2 is 2.00 bits per heavy atom. The van der Waals surface area contributed by atoms with Gasteiger partial charge >= 0.3 is 5.97 Å². The molecule has 0 saturated carbocycles. The fraction of sp³-hybridized carbons (Fsp3) is 0.300. The van der Waals surface area contributed by atoms with Crippen LogP contribution in [0, 0.1) is 6.92 Å². The summed E-state index contributed by atoms with van der Waals surface area (Å²) in [5.41, 5.74) is 0.773. The topological polar surface area (TPSA) is 97.2 Å². The van der Waals surface area contributed by atoms with Gasteiger partial charge in [-0.15, -0.1) is 0 Å². The summed E-state index contributed by atoms with van der Waals surface area (Å²) in [6.07, 6.45) is 1.22. The average Bonchev–Trinajstić information content (AvgIpc) is 2.17. The number of aliphatic carboxylic acids is 1. The van der Waals surface area contributed by atoms with Gasteiger partial charge in [-0.3, -0.25) is 9.59 Å². The molecule has 16 heavy (non-hydrogen) atoms. The van der Waals surface area contributed by atoms with Crippen LogP contribution < -0.4 is 0 Å². The molecule has 0 radical (unpaired) electrons. The Hall–Kier alpha value is -2.11. The first-order chi connectivity index (χ1) is 7.43. The van der Waals surface area contributed by atoms with E-state index in [4.69, 9.17) is 5.11 Å². The lowest BCUT2D eigenvalue weighted by Crippen LogP contribution is -2.27. The molecule has 0 amide bonds. The minimum atomic E-state index is -1.63. The molecule has 0 aliphatic heterocycles. The van der Waals surface area contributed by atoms with Crippen LogP contribution in [0.25, 0.3) is 0 Å². The monoisotopic (exact) mass is 222 g/mol. The van der Waals surface area contributed by atoms with E-state index in [1.807, 2.05) is 0 Å². The summed E-state index contributed by atoms with van der Waals surface area (Å²) in [6, 6.07) is 1.47. The number of rotatable bonds is 4. The molecule has 0 saturated heterocycles. The van der Waals surface area contributed by atoms with Crippen LogP contribution in [0.3, 0.4) is 0 Å². The lowest BCUT2D eigenvalue weighted by Gasteiger charge is -2.09. The number of carbonyl (C=O) groups is 3.